The zero-order chi connectivity index (χ0) is 11.1. The maximum Gasteiger partial charge on any atom is 0.0652 e. The molecule has 0 spiro atoms. The van der Waals surface area contributed by atoms with E-state index in [0.717, 1.165) is 5.02 Å². The van der Waals surface area contributed by atoms with E-state index in [0.29, 0.717) is 30.6 Å². The Balaban J connectivity index is 1.94. The first-order chi connectivity index (χ1) is 7.79. The van der Waals surface area contributed by atoms with Crippen molar-refractivity contribution in [3.05, 3.63) is 34.9 Å². The van der Waals surface area contributed by atoms with Crippen molar-refractivity contribution in [2.75, 3.05) is 6.54 Å². The lowest BCUT2D eigenvalue weighted by atomic mass is 9.75. The van der Waals surface area contributed by atoms with Crippen molar-refractivity contribution in [3.63, 3.8) is 0 Å². The molecule has 2 heterocycles. The summed E-state index contributed by atoms with van der Waals surface area (Å²) in [5, 5.41) is 0.802. The molecule has 16 heavy (non-hydrogen) atoms. The van der Waals surface area contributed by atoms with Gasteiger partial charge in [-0.15, -0.1) is 0 Å². The second-order valence-corrected chi connectivity index (χ2v) is 5.21. The van der Waals surface area contributed by atoms with Crippen LogP contribution in [0.1, 0.15) is 24.3 Å². The van der Waals surface area contributed by atoms with Crippen LogP contribution >= 0.6 is 11.6 Å². The van der Waals surface area contributed by atoms with Gasteiger partial charge in [-0.3, -0.25) is 0 Å². The van der Waals surface area contributed by atoms with E-state index in [9.17, 15) is 0 Å². The van der Waals surface area contributed by atoms with Crippen LogP contribution in [0.15, 0.2) is 24.3 Å². The molecule has 3 heteroatoms. The van der Waals surface area contributed by atoms with Gasteiger partial charge in [0.2, 0.25) is 0 Å². The van der Waals surface area contributed by atoms with Crippen molar-refractivity contribution in [3.8, 4) is 0 Å². The van der Waals surface area contributed by atoms with Crippen molar-refractivity contribution in [1.82, 2.24) is 0 Å². The molecule has 0 amide bonds. The van der Waals surface area contributed by atoms with Gasteiger partial charge in [0.1, 0.15) is 0 Å². The number of ether oxygens (including phenoxy) is 1. The third kappa shape index (κ3) is 1.56. The highest BCUT2D eigenvalue weighted by Gasteiger charge is 2.48. The molecule has 1 aromatic rings. The van der Waals surface area contributed by atoms with Crippen molar-refractivity contribution in [2.45, 2.75) is 31.0 Å². The van der Waals surface area contributed by atoms with Crippen LogP contribution in [0.3, 0.4) is 0 Å². The summed E-state index contributed by atoms with van der Waals surface area (Å²) in [7, 11) is 0. The summed E-state index contributed by atoms with van der Waals surface area (Å²) >= 11 is 6.04. The van der Waals surface area contributed by atoms with E-state index in [1.165, 1.54) is 18.4 Å². The number of rotatable bonds is 2. The van der Waals surface area contributed by atoms with Crippen molar-refractivity contribution >= 4 is 11.6 Å². The Morgan fingerprint density at radius 2 is 2.12 bits per heavy atom. The minimum Gasteiger partial charge on any atom is -0.374 e. The van der Waals surface area contributed by atoms with Gasteiger partial charge in [-0.2, -0.15) is 0 Å². The monoisotopic (exact) mass is 237 g/mol. The standard InChI is InChI=1S/C13H16ClNO/c14-9-3-1-2-8(6-9)13-10(7-15)11-4-5-12(13)16-11/h1-3,6,10-13H,4-5,7,15H2. The highest BCUT2D eigenvalue weighted by Crippen LogP contribution is 2.48. The van der Waals surface area contributed by atoms with Crippen LogP contribution in [0, 0.1) is 5.92 Å². The van der Waals surface area contributed by atoms with Gasteiger partial charge in [-0.05, 0) is 37.1 Å². The molecule has 0 saturated carbocycles. The topological polar surface area (TPSA) is 35.2 Å². The van der Waals surface area contributed by atoms with E-state index >= 15 is 0 Å². The highest BCUT2D eigenvalue weighted by molar-refractivity contribution is 6.30. The fourth-order valence-corrected chi connectivity index (χ4v) is 3.45. The SMILES string of the molecule is NCC1C2CCC(O2)C1c1cccc(Cl)c1. The summed E-state index contributed by atoms with van der Waals surface area (Å²) in [5.74, 6) is 0.916. The van der Waals surface area contributed by atoms with Crippen LogP contribution in [0.5, 0.6) is 0 Å². The Bertz CT molecular complexity index is 395. The van der Waals surface area contributed by atoms with E-state index in [4.69, 9.17) is 22.1 Å². The van der Waals surface area contributed by atoms with E-state index in [1.54, 1.807) is 0 Å². The fourth-order valence-electron chi connectivity index (χ4n) is 3.25. The predicted octanol–water partition coefficient (Wildman–Crippen LogP) is 2.56. The number of benzene rings is 1. The average Bonchev–Trinajstić information content (AvgIpc) is 2.88. The molecule has 3 rings (SSSR count). The first kappa shape index (κ1) is 10.6. The second-order valence-electron chi connectivity index (χ2n) is 4.77. The maximum atomic E-state index is 6.04. The number of halogens is 1. The summed E-state index contributed by atoms with van der Waals surface area (Å²) in [6.45, 7) is 0.707. The molecule has 0 radical (unpaired) electrons. The van der Waals surface area contributed by atoms with Crippen molar-refractivity contribution < 1.29 is 4.74 Å². The van der Waals surface area contributed by atoms with E-state index < -0.39 is 0 Å². The summed E-state index contributed by atoms with van der Waals surface area (Å²) in [4.78, 5) is 0. The van der Waals surface area contributed by atoms with Crippen LogP contribution < -0.4 is 5.73 Å². The second kappa shape index (κ2) is 4.02. The van der Waals surface area contributed by atoms with Gasteiger partial charge in [0.05, 0.1) is 12.2 Å². The number of hydrogen-bond donors (Lipinski definition) is 1. The van der Waals surface area contributed by atoms with Gasteiger partial charge in [0.15, 0.2) is 0 Å². The molecule has 86 valence electrons. The molecular weight excluding hydrogens is 222 g/mol. The lowest BCUT2D eigenvalue weighted by molar-refractivity contribution is 0.0918. The molecular formula is C13H16ClNO. The molecule has 4 atom stereocenters. The molecule has 2 fully saturated rings. The predicted molar refractivity (Wildman–Crippen MR) is 64.6 cm³/mol. The smallest absolute Gasteiger partial charge is 0.0652 e. The molecule has 2 aliphatic rings. The van der Waals surface area contributed by atoms with Gasteiger partial charge in [-0.1, -0.05) is 23.7 Å². The lowest BCUT2D eigenvalue weighted by Crippen LogP contribution is -2.31. The highest BCUT2D eigenvalue weighted by atomic mass is 35.5. The van der Waals surface area contributed by atoms with E-state index in [-0.39, 0.29) is 0 Å². The first-order valence-electron chi connectivity index (χ1n) is 5.90. The normalized spacial score (nSPS) is 36.9. The van der Waals surface area contributed by atoms with Crippen LogP contribution in [0.25, 0.3) is 0 Å². The zero-order valence-electron chi connectivity index (χ0n) is 9.10. The van der Waals surface area contributed by atoms with E-state index in [2.05, 4.69) is 12.1 Å². The zero-order valence-corrected chi connectivity index (χ0v) is 9.86. The molecule has 1 aromatic carbocycles. The molecule has 2 N–H and O–H groups in total. The summed E-state index contributed by atoms with van der Waals surface area (Å²) in [6.07, 6.45) is 3.07. The summed E-state index contributed by atoms with van der Waals surface area (Å²) in [6, 6.07) is 8.12. The Hall–Kier alpha value is -0.570. The van der Waals surface area contributed by atoms with E-state index in [1.807, 2.05) is 12.1 Å². The van der Waals surface area contributed by atoms with Crippen LogP contribution in [-0.4, -0.2) is 18.8 Å². The van der Waals surface area contributed by atoms with Gasteiger partial charge < -0.3 is 10.5 Å². The largest absolute Gasteiger partial charge is 0.374 e. The first-order valence-corrected chi connectivity index (χ1v) is 6.28. The Morgan fingerprint density at radius 1 is 1.31 bits per heavy atom. The van der Waals surface area contributed by atoms with Crippen molar-refractivity contribution in [1.29, 1.82) is 0 Å². The van der Waals surface area contributed by atoms with Crippen molar-refractivity contribution in [2.24, 2.45) is 11.7 Å². The van der Waals surface area contributed by atoms with Crippen LogP contribution in [0.2, 0.25) is 5.02 Å². The van der Waals surface area contributed by atoms with Gasteiger partial charge in [0.25, 0.3) is 0 Å². The Morgan fingerprint density at radius 3 is 2.88 bits per heavy atom. The van der Waals surface area contributed by atoms with Crippen LogP contribution in [0.4, 0.5) is 0 Å². The number of nitrogens with two attached hydrogens (primary N) is 1. The lowest BCUT2D eigenvalue weighted by Gasteiger charge is -2.27. The van der Waals surface area contributed by atoms with Crippen LogP contribution in [-0.2, 0) is 4.74 Å². The molecule has 2 nitrogen and oxygen atoms in total. The molecule has 0 aliphatic carbocycles. The summed E-state index contributed by atoms with van der Waals surface area (Å²) < 4.78 is 5.96. The molecule has 0 aromatic heterocycles. The molecule has 2 bridgehead atoms. The Kier molecular flexibility index (Phi) is 2.66. The fraction of sp³-hybridized carbons (Fsp3) is 0.538. The maximum absolute atomic E-state index is 6.04. The number of hydrogen-bond acceptors (Lipinski definition) is 2. The molecule has 2 saturated heterocycles. The summed E-state index contributed by atoms with van der Waals surface area (Å²) in [5.41, 5.74) is 7.16. The van der Waals surface area contributed by atoms with Gasteiger partial charge in [0, 0.05) is 16.9 Å². The number of fused-ring (bicyclic) bond motifs is 2. The molecule has 4 unspecified atom stereocenters. The quantitative estimate of drug-likeness (QED) is 0.858. The minimum absolute atomic E-state index is 0.358. The third-order valence-corrected chi connectivity index (χ3v) is 4.17. The third-order valence-electron chi connectivity index (χ3n) is 3.93. The molecule has 2 aliphatic heterocycles. The average molecular weight is 238 g/mol. The minimum atomic E-state index is 0.358. The Labute approximate surface area is 101 Å². The van der Waals surface area contributed by atoms with Gasteiger partial charge >= 0.3 is 0 Å². The van der Waals surface area contributed by atoms with Gasteiger partial charge in [-0.25, -0.2) is 0 Å².